The van der Waals surface area contributed by atoms with Gasteiger partial charge in [0.2, 0.25) is 0 Å². The molecule has 0 fully saturated rings. The fraction of sp³-hybridized carbons (Fsp3) is 0.188. The first-order valence-corrected chi connectivity index (χ1v) is 7.62. The Bertz CT molecular complexity index is 820. The van der Waals surface area contributed by atoms with Crippen molar-refractivity contribution < 1.29 is 4.74 Å². The van der Waals surface area contributed by atoms with Gasteiger partial charge in [0, 0.05) is 10.7 Å². The number of benzene rings is 2. The third kappa shape index (κ3) is 2.69. The van der Waals surface area contributed by atoms with E-state index in [1.54, 1.807) is 0 Å². The van der Waals surface area contributed by atoms with E-state index >= 15 is 0 Å². The number of para-hydroxylation sites is 1. The highest BCUT2D eigenvalue weighted by Crippen LogP contribution is 2.27. The summed E-state index contributed by atoms with van der Waals surface area (Å²) < 4.78 is 8.40. The quantitative estimate of drug-likeness (QED) is 0.676. The number of ether oxygens (including phenoxy) is 1. The lowest BCUT2D eigenvalue weighted by Gasteiger charge is -2.07. The minimum absolute atomic E-state index is 0.639. The number of nitrogens with one attached hydrogen (secondary N) is 1. The number of hydrogen-bond donors (Lipinski definition) is 1. The van der Waals surface area contributed by atoms with Crippen LogP contribution in [0.15, 0.2) is 42.5 Å². The number of halogens is 1. The average Bonchev–Trinajstić information content (AvgIpc) is 2.83. The van der Waals surface area contributed by atoms with Gasteiger partial charge in [0.15, 0.2) is 4.77 Å². The molecule has 0 aliphatic rings. The number of fused-ring (bicyclic) bond motifs is 1. The largest absolute Gasteiger partial charge is 0.491 e. The summed E-state index contributed by atoms with van der Waals surface area (Å²) in [6.07, 6.45) is 0.967. The second-order valence-corrected chi connectivity index (χ2v) is 5.56. The summed E-state index contributed by atoms with van der Waals surface area (Å²) in [6, 6.07) is 13.6. The van der Waals surface area contributed by atoms with Gasteiger partial charge in [0.1, 0.15) is 11.3 Å². The van der Waals surface area contributed by atoms with E-state index in [9.17, 15) is 0 Å². The highest BCUT2D eigenvalue weighted by atomic mass is 35.5. The molecule has 0 amide bonds. The van der Waals surface area contributed by atoms with Crippen LogP contribution < -0.4 is 4.74 Å². The van der Waals surface area contributed by atoms with Crippen molar-refractivity contribution in [3.63, 3.8) is 0 Å². The summed E-state index contributed by atoms with van der Waals surface area (Å²) in [6.45, 7) is 2.77. The Balaban J connectivity index is 2.18. The van der Waals surface area contributed by atoms with Crippen LogP contribution in [-0.4, -0.2) is 16.2 Å². The first-order chi connectivity index (χ1) is 10.2. The number of imidazole rings is 1. The molecule has 1 heterocycles. The third-order valence-corrected chi connectivity index (χ3v) is 3.76. The zero-order chi connectivity index (χ0) is 14.8. The summed E-state index contributed by atoms with van der Waals surface area (Å²) >= 11 is 11.4. The van der Waals surface area contributed by atoms with E-state index in [2.05, 4.69) is 11.9 Å². The number of rotatable bonds is 4. The van der Waals surface area contributed by atoms with E-state index in [-0.39, 0.29) is 0 Å². The van der Waals surface area contributed by atoms with E-state index in [0.717, 1.165) is 28.9 Å². The molecule has 1 aromatic heterocycles. The van der Waals surface area contributed by atoms with Crippen LogP contribution >= 0.6 is 23.8 Å². The molecule has 108 valence electrons. The zero-order valence-corrected chi connectivity index (χ0v) is 13.2. The van der Waals surface area contributed by atoms with Crippen molar-refractivity contribution in [2.75, 3.05) is 6.61 Å². The monoisotopic (exact) mass is 318 g/mol. The van der Waals surface area contributed by atoms with Gasteiger partial charge < -0.3 is 9.72 Å². The Morgan fingerprint density at radius 1 is 1.19 bits per heavy atom. The van der Waals surface area contributed by atoms with Crippen LogP contribution in [0.5, 0.6) is 5.75 Å². The molecule has 0 aliphatic carbocycles. The lowest BCUT2D eigenvalue weighted by molar-refractivity contribution is 0.320. The molecule has 1 N–H and O–H groups in total. The molecule has 0 aliphatic heterocycles. The first-order valence-electron chi connectivity index (χ1n) is 6.83. The molecule has 0 saturated carbocycles. The summed E-state index contributed by atoms with van der Waals surface area (Å²) in [5.74, 6) is 0.827. The average molecular weight is 319 g/mol. The van der Waals surface area contributed by atoms with Gasteiger partial charge in [-0.15, -0.1) is 0 Å². The maximum atomic E-state index is 5.95. The smallest absolute Gasteiger partial charge is 0.182 e. The number of aromatic amines is 1. The maximum absolute atomic E-state index is 5.95. The van der Waals surface area contributed by atoms with Gasteiger partial charge in [-0.3, -0.25) is 4.57 Å². The van der Waals surface area contributed by atoms with Gasteiger partial charge in [-0.05, 0) is 55.0 Å². The van der Waals surface area contributed by atoms with Crippen LogP contribution in [0.3, 0.4) is 0 Å². The van der Waals surface area contributed by atoms with E-state index in [1.165, 1.54) is 0 Å². The number of hydrogen-bond acceptors (Lipinski definition) is 2. The van der Waals surface area contributed by atoms with Crippen LogP contribution in [-0.2, 0) is 0 Å². The standard InChI is InChI=1S/C16H15ClN2OS/c1-2-10-20-14-5-3-4-13-15(14)18-16(21)19(13)12-8-6-11(17)7-9-12/h3-9H,2,10H2,1H3,(H,18,21). The van der Waals surface area contributed by atoms with Crippen molar-refractivity contribution in [1.29, 1.82) is 0 Å². The summed E-state index contributed by atoms with van der Waals surface area (Å²) in [7, 11) is 0. The minimum atomic E-state index is 0.639. The van der Waals surface area contributed by atoms with Crippen LogP contribution in [0, 0.1) is 4.77 Å². The number of H-pyrrole nitrogens is 1. The van der Waals surface area contributed by atoms with Crippen LogP contribution in [0.2, 0.25) is 5.02 Å². The van der Waals surface area contributed by atoms with Gasteiger partial charge in [-0.2, -0.15) is 0 Å². The molecule has 0 radical (unpaired) electrons. The minimum Gasteiger partial charge on any atom is -0.491 e. The highest BCUT2D eigenvalue weighted by Gasteiger charge is 2.10. The van der Waals surface area contributed by atoms with Gasteiger partial charge in [0.25, 0.3) is 0 Å². The maximum Gasteiger partial charge on any atom is 0.182 e. The van der Waals surface area contributed by atoms with Gasteiger partial charge in [-0.25, -0.2) is 0 Å². The Kier molecular flexibility index (Phi) is 3.99. The van der Waals surface area contributed by atoms with Crippen molar-refractivity contribution in [1.82, 2.24) is 9.55 Å². The summed E-state index contributed by atoms with van der Waals surface area (Å²) in [5, 5.41) is 0.706. The Hall–Kier alpha value is -1.78. The molecular formula is C16H15ClN2OS. The van der Waals surface area contributed by atoms with E-state index in [1.807, 2.05) is 47.0 Å². The van der Waals surface area contributed by atoms with Gasteiger partial charge >= 0.3 is 0 Å². The van der Waals surface area contributed by atoms with E-state index in [0.29, 0.717) is 16.4 Å². The molecule has 3 aromatic rings. The van der Waals surface area contributed by atoms with E-state index < -0.39 is 0 Å². The lowest BCUT2D eigenvalue weighted by Crippen LogP contribution is -1.96. The Morgan fingerprint density at radius 2 is 1.95 bits per heavy atom. The fourth-order valence-electron chi connectivity index (χ4n) is 2.28. The fourth-order valence-corrected chi connectivity index (χ4v) is 2.71. The van der Waals surface area contributed by atoms with Crippen molar-refractivity contribution in [3.05, 3.63) is 52.3 Å². The summed E-state index contributed by atoms with van der Waals surface area (Å²) in [4.78, 5) is 3.24. The lowest BCUT2D eigenvalue weighted by atomic mass is 10.2. The molecule has 0 unspecified atom stereocenters. The van der Waals surface area contributed by atoms with Crippen LogP contribution in [0.25, 0.3) is 16.7 Å². The van der Waals surface area contributed by atoms with E-state index in [4.69, 9.17) is 28.6 Å². The van der Waals surface area contributed by atoms with Crippen LogP contribution in [0.4, 0.5) is 0 Å². The predicted molar refractivity (Wildman–Crippen MR) is 89.3 cm³/mol. The van der Waals surface area contributed by atoms with Crippen molar-refractivity contribution >= 4 is 34.9 Å². The van der Waals surface area contributed by atoms with Crippen molar-refractivity contribution in [2.24, 2.45) is 0 Å². The first kappa shape index (κ1) is 14.2. The normalized spacial score (nSPS) is 11.0. The van der Waals surface area contributed by atoms with Crippen LogP contribution in [0.1, 0.15) is 13.3 Å². The SMILES string of the molecule is CCCOc1cccc2c1[nH]c(=S)n2-c1ccc(Cl)cc1. The molecule has 0 spiro atoms. The molecule has 0 atom stereocenters. The molecule has 0 saturated heterocycles. The molecule has 0 bridgehead atoms. The molecule has 3 rings (SSSR count). The van der Waals surface area contributed by atoms with Crippen molar-refractivity contribution in [3.8, 4) is 11.4 Å². The number of nitrogens with zero attached hydrogens (tertiary/aromatic N) is 1. The second kappa shape index (κ2) is 5.92. The van der Waals surface area contributed by atoms with Gasteiger partial charge in [-0.1, -0.05) is 24.6 Å². The Labute approximate surface area is 133 Å². The Morgan fingerprint density at radius 3 is 2.67 bits per heavy atom. The second-order valence-electron chi connectivity index (χ2n) is 4.74. The third-order valence-electron chi connectivity index (χ3n) is 3.23. The topological polar surface area (TPSA) is 29.9 Å². The number of aromatic nitrogens is 2. The molecular weight excluding hydrogens is 304 g/mol. The molecule has 2 aromatic carbocycles. The molecule has 21 heavy (non-hydrogen) atoms. The zero-order valence-electron chi connectivity index (χ0n) is 11.6. The van der Waals surface area contributed by atoms with Crippen molar-refractivity contribution in [2.45, 2.75) is 13.3 Å². The summed E-state index contributed by atoms with van der Waals surface area (Å²) in [5.41, 5.74) is 2.89. The van der Waals surface area contributed by atoms with Gasteiger partial charge in [0.05, 0.1) is 12.1 Å². The molecule has 5 heteroatoms. The molecule has 3 nitrogen and oxygen atoms in total. The predicted octanol–water partition coefficient (Wildman–Crippen LogP) is 5.13. The highest BCUT2D eigenvalue weighted by molar-refractivity contribution is 7.71.